The number of allylic oxidation sites excluding steroid dienone is 3. The van der Waals surface area contributed by atoms with Gasteiger partial charge in [0.05, 0.1) is 5.56 Å². The predicted octanol–water partition coefficient (Wildman–Crippen LogP) is 5.85. The molecule has 1 saturated carbocycles. The van der Waals surface area contributed by atoms with Crippen molar-refractivity contribution in [1.29, 1.82) is 0 Å². The summed E-state index contributed by atoms with van der Waals surface area (Å²) < 4.78 is 0. The number of carboxylic acid groups (broad SMARTS) is 1. The fraction of sp³-hybridized carbons (Fsp3) is 0.320. The van der Waals surface area contributed by atoms with Crippen LogP contribution in [0.4, 0.5) is 0 Å². The number of benzene rings is 2. The Balaban J connectivity index is 1.47. The van der Waals surface area contributed by atoms with Crippen molar-refractivity contribution >= 4 is 12.0 Å². The van der Waals surface area contributed by atoms with Gasteiger partial charge < -0.3 is 5.11 Å². The first-order valence-electron chi connectivity index (χ1n) is 10.0. The molecule has 5 rings (SSSR count). The van der Waals surface area contributed by atoms with Crippen LogP contribution in [0.5, 0.6) is 0 Å². The van der Waals surface area contributed by atoms with Crippen molar-refractivity contribution in [2.75, 3.05) is 0 Å². The summed E-state index contributed by atoms with van der Waals surface area (Å²) in [4.78, 5) is 11.6. The molecular formula is C25H24O2. The Hall–Kier alpha value is -2.61. The summed E-state index contributed by atoms with van der Waals surface area (Å²) in [6.07, 6.45) is 10.5. The molecule has 3 atom stereocenters. The van der Waals surface area contributed by atoms with Crippen molar-refractivity contribution in [3.8, 4) is 0 Å². The summed E-state index contributed by atoms with van der Waals surface area (Å²) in [7, 11) is 0. The van der Waals surface area contributed by atoms with Gasteiger partial charge >= 0.3 is 5.97 Å². The van der Waals surface area contributed by atoms with Crippen LogP contribution in [0.25, 0.3) is 6.08 Å². The Labute approximate surface area is 160 Å². The number of fused-ring (bicyclic) bond motifs is 3. The van der Waals surface area contributed by atoms with Crippen molar-refractivity contribution in [2.45, 2.75) is 38.0 Å². The highest BCUT2D eigenvalue weighted by Crippen LogP contribution is 2.48. The van der Waals surface area contributed by atoms with E-state index in [1.807, 2.05) is 18.2 Å². The summed E-state index contributed by atoms with van der Waals surface area (Å²) in [6, 6.07) is 16.3. The van der Waals surface area contributed by atoms with Crippen molar-refractivity contribution in [2.24, 2.45) is 11.8 Å². The third-order valence-corrected chi connectivity index (χ3v) is 6.74. The normalized spacial score (nSPS) is 26.1. The van der Waals surface area contributed by atoms with Gasteiger partial charge in [0.2, 0.25) is 0 Å². The molecule has 0 radical (unpaired) electrons. The van der Waals surface area contributed by atoms with Crippen LogP contribution in [0.15, 0.2) is 65.8 Å². The lowest BCUT2D eigenvalue weighted by Gasteiger charge is -2.39. The molecule has 0 aromatic heterocycles. The molecular weight excluding hydrogens is 332 g/mol. The van der Waals surface area contributed by atoms with E-state index in [1.54, 1.807) is 6.07 Å². The summed E-state index contributed by atoms with van der Waals surface area (Å²) >= 11 is 0. The largest absolute Gasteiger partial charge is 0.478 e. The van der Waals surface area contributed by atoms with Crippen LogP contribution in [0.3, 0.4) is 0 Å². The molecule has 1 N–H and O–H groups in total. The van der Waals surface area contributed by atoms with Crippen LogP contribution in [0, 0.1) is 11.8 Å². The molecule has 0 saturated heterocycles. The second-order valence-corrected chi connectivity index (χ2v) is 8.27. The van der Waals surface area contributed by atoms with Crippen molar-refractivity contribution in [3.63, 3.8) is 0 Å². The number of hydrogen-bond acceptors (Lipinski definition) is 1. The molecule has 1 fully saturated rings. The van der Waals surface area contributed by atoms with Crippen LogP contribution in [-0.4, -0.2) is 11.1 Å². The van der Waals surface area contributed by atoms with Crippen molar-refractivity contribution in [3.05, 3.63) is 88.0 Å². The average Bonchev–Trinajstić information content (AvgIpc) is 2.70. The van der Waals surface area contributed by atoms with Gasteiger partial charge in [0, 0.05) is 0 Å². The van der Waals surface area contributed by atoms with Gasteiger partial charge in [-0.3, -0.25) is 0 Å². The van der Waals surface area contributed by atoms with Crippen LogP contribution in [0.1, 0.15) is 58.6 Å². The standard InChI is InChI=1S/C25H24O2/c26-25(27)24-8-4-3-7-23(24)19-10-9-18-13-21-11-16-5-1-2-6-17(16)12-22(21)15-20(18)14-19/h1-8,12,15,18-19,21H,9-11,13-14H2,(H,26,27). The number of carbonyl (C=O) groups is 1. The molecule has 27 heavy (non-hydrogen) atoms. The molecule has 2 heteroatoms. The molecule has 136 valence electrons. The monoisotopic (exact) mass is 356 g/mol. The van der Waals surface area contributed by atoms with Gasteiger partial charge in [0.25, 0.3) is 0 Å². The summed E-state index contributed by atoms with van der Waals surface area (Å²) in [6.45, 7) is 0. The Bertz CT molecular complexity index is 966. The van der Waals surface area contributed by atoms with E-state index in [-0.39, 0.29) is 0 Å². The third kappa shape index (κ3) is 2.93. The van der Waals surface area contributed by atoms with Crippen molar-refractivity contribution in [1.82, 2.24) is 0 Å². The van der Waals surface area contributed by atoms with Crippen LogP contribution in [-0.2, 0) is 6.42 Å². The molecule has 2 aromatic carbocycles. The third-order valence-electron chi connectivity index (χ3n) is 6.74. The number of rotatable bonds is 2. The lowest BCUT2D eigenvalue weighted by molar-refractivity contribution is 0.0694. The SMILES string of the molecule is O=C(O)c1ccccc1C1CCC2CC3Cc4ccccc4C=C3C=C2C1. The van der Waals surface area contributed by atoms with Gasteiger partial charge in [-0.05, 0) is 78.2 Å². The smallest absolute Gasteiger partial charge is 0.335 e. The Kier molecular flexibility index (Phi) is 4.00. The lowest BCUT2D eigenvalue weighted by atomic mass is 9.65. The van der Waals surface area contributed by atoms with Crippen LogP contribution in [0.2, 0.25) is 0 Å². The van der Waals surface area contributed by atoms with E-state index < -0.39 is 5.97 Å². The topological polar surface area (TPSA) is 37.3 Å². The zero-order valence-corrected chi connectivity index (χ0v) is 15.4. The van der Waals surface area contributed by atoms with E-state index >= 15 is 0 Å². The van der Waals surface area contributed by atoms with Gasteiger partial charge in [0.1, 0.15) is 0 Å². The minimum atomic E-state index is -0.808. The van der Waals surface area contributed by atoms with Crippen molar-refractivity contribution < 1.29 is 9.90 Å². The summed E-state index contributed by atoms with van der Waals surface area (Å²) in [5.41, 5.74) is 7.34. The molecule has 0 aliphatic heterocycles. The minimum Gasteiger partial charge on any atom is -0.478 e. The second kappa shape index (κ2) is 6.53. The van der Waals surface area contributed by atoms with E-state index in [0.29, 0.717) is 23.3 Å². The maximum absolute atomic E-state index is 11.6. The first-order chi connectivity index (χ1) is 13.2. The van der Waals surface area contributed by atoms with Gasteiger partial charge in [0.15, 0.2) is 0 Å². The molecule has 0 spiro atoms. The Morgan fingerprint density at radius 2 is 1.63 bits per heavy atom. The fourth-order valence-corrected chi connectivity index (χ4v) is 5.38. The molecule has 3 aliphatic carbocycles. The molecule has 3 aliphatic rings. The number of carboxylic acids is 1. The highest BCUT2D eigenvalue weighted by molar-refractivity contribution is 5.89. The molecule has 2 aromatic rings. The van der Waals surface area contributed by atoms with E-state index in [9.17, 15) is 9.90 Å². The fourth-order valence-electron chi connectivity index (χ4n) is 5.38. The molecule has 3 unspecified atom stereocenters. The molecule has 0 heterocycles. The number of hydrogen-bond donors (Lipinski definition) is 1. The average molecular weight is 356 g/mol. The van der Waals surface area contributed by atoms with Crippen LogP contribution >= 0.6 is 0 Å². The Morgan fingerprint density at radius 1 is 0.852 bits per heavy atom. The molecule has 2 nitrogen and oxygen atoms in total. The zero-order chi connectivity index (χ0) is 18.4. The highest BCUT2D eigenvalue weighted by atomic mass is 16.4. The highest BCUT2D eigenvalue weighted by Gasteiger charge is 2.35. The van der Waals surface area contributed by atoms with Gasteiger partial charge in [-0.1, -0.05) is 60.2 Å². The van der Waals surface area contributed by atoms with E-state index in [0.717, 1.165) is 24.8 Å². The first kappa shape index (κ1) is 16.6. The molecule has 0 amide bonds. The quantitative estimate of drug-likeness (QED) is 0.732. The van der Waals surface area contributed by atoms with Gasteiger partial charge in [-0.2, -0.15) is 0 Å². The zero-order valence-electron chi connectivity index (χ0n) is 15.4. The van der Waals surface area contributed by atoms with Crippen LogP contribution < -0.4 is 0 Å². The van der Waals surface area contributed by atoms with Gasteiger partial charge in [-0.15, -0.1) is 0 Å². The second-order valence-electron chi connectivity index (χ2n) is 8.27. The maximum Gasteiger partial charge on any atom is 0.335 e. The maximum atomic E-state index is 11.6. The van der Waals surface area contributed by atoms with E-state index in [1.165, 1.54) is 35.1 Å². The summed E-state index contributed by atoms with van der Waals surface area (Å²) in [5, 5.41) is 9.55. The summed E-state index contributed by atoms with van der Waals surface area (Å²) in [5.74, 6) is 0.840. The van der Waals surface area contributed by atoms with E-state index in [2.05, 4.69) is 36.4 Å². The number of aromatic carboxylic acids is 1. The van der Waals surface area contributed by atoms with E-state index in [4.69, 9.17) is 0 Å². The minimum absolute atomic E-state index is 0.327. The first-order valence-corrected chi connectivity index (χ1v) is 10.0. The predicted molar refractivity (Wildman–Crippen MR) is 108 cm³/mol. The van der Waals surface area contributed by atoms with Gasteiger partial charge in [-0.25, -0.2) is 4.79 Å². The lowest BCUT2D eigenvalue weighted by Crippen LogP contribution is -2.26. The Morgan fingerprint density at radius 3 is 2.52 bits per heavy atom. The molecule has 0 bridgehead atoms.